The molecule has 0 radical (unpaired) electrons. The summed E-state index contributed by atoms with van der Waals surface area (Å²) in [5.41, 5.74) is 14.5. The number of carbonyl (C=O) groups excluding carboxylic acids is 1. The maximum absolute atomic E-state index is 12.2. The second-order valence-electron chi connectivity index (χ2n) is 8.18. The van der Waals surface area contributed by atoms with Crippen molar-refractivity contribution in [2.24, 2.45) is 5.73 Å². The fourth-order valence-corrected chi connectivity index (χ4v) is 4.47. The lowest BCUT2D eigenvalue weighted by Gasteiger charge is -2.12. The van der Waals surface area contributed by atoms with Gasteiger partial charge in [0.1, 0.15) is 0 Å². The van der Waals surface area contributed by atoms with Crippen molar-refractivity contribution in [1.29, 1.82) is 0 Å². The Morgan fingerprint density at radius 3 is 2.39 bits per heavy atom. The molecule has 0 spiro atoms. The normalized spacial score (nSPS) is 11.3. The number of carbonyl (C=O) groups is 1. The van der Waals surface area contributed by atoms with Gasteiger partial charge in [-0.2, -0.15) is 0 Å². The molecule has 0 aliphatic carbocycles. The van der Waals surface area contributed by atoms with Gasteiger partial charge in [-0.3, -0.25) is 4.79 Å². The Bertz CT molecular complexity index is 1440. The molecule has 5 aromatic rings. The van der Waals surface area contributed by atoms with Crippen molar-refractivity contribution < 1.29 is 4.79 Å². The minimum absolute atomic E-state index is 0.400. The highest BCUT2D eigenvalue weighted by molar-refractivity contribution is 6.18. The standard InChI is InChI=1S/C28H24N2O/c1-18-11-12-19(2)22(15-18)17-30-25-10-6-9-24(28(29)31)27(25)23-14-13-21(16-26(23)30)20-7-4-3-5-8-20/h3-16H,17H2,1-2H3,(H2,29,31). The van der Waals surface area contributed by atoms with Crippen LogP contribution in [-0.2, 0) is 6.54 Å². The average Bonchev–Trinajstić information content (AvgIpc) is 3.10. The lowest BCUT2D eigenvalue weighted by Crippen LogP contribution is -2.11. The molecule has 1 amide bonds. The van der Waals surface area contributed by atoms with E-state index in [-0.39, 0.29) is 0 Å². The Hall–Kier alpha value is -3.85. The van der Waals surface area contributed by atoms with E-state index < -0.39 is 5.91 Å². The molecule has 0 aliphatic heterocycles. The third kappa shape index (κ3) is 3.28. The first-order chi connectivity index (χ1) is 15.0. The van der Waals surface area contributed by atoms with Crippen LogP contribution in [0.15, 0.2) is 84.9 Å². The molecular formula is C28H24N2O. The minimum Gasteiger partial charge on any atom is -0.366 e. The van der Waals surface area contributed by atoms with Gasteiger partial charge in [0.15, 0.2) is 0 Å². The number of aromatic nitrogens is 1. The monoisotopic (exact) mass is 404 g/mol. The van der Waals surface area contributed by atoms with Crippen LogP contribution in [0.5, 0.6) is 0 Å². The first-order valence-electron chi connectivity index (χ1n) is 10.5. The van der Waals surface area contributed by atoms with Crippen molar-refractivity contribution in [3.63, 3.8) is 0 Å². The zero-order chi connectivity index (χ0) is 21.5. The van der Waals surface area contributed by atoms with Gasteiger partial charge in [0.25, 0.3) is 0 Å². The molecule has 31 heavy (non-hydrogen) atoms. The third-order valence-corrected chi connectivity index (χ3v) is 6.10. The van der Waals surface area contributed by atoms with Gasteiger partial charge in [-0.15, -0.1) is 0 Å². The summed E-state index contributed by atoms with van der Waals surface area (Å²) in [4.78, 5) is 12.2. The first kappa shape index (κ1) is 19.1. The van der Waals surface area contributed by atoms with Crippen LogP contribution in [-0.4, -0.2) is 10.5 Å². The summed E-state index contributed by atoms with van der Waals surface area (Å²) >= 11 is 0. The van der Waals surface area contributed by atoms with Gasteiger partial charge in [-0.05, 0) is 54.3 Å². The molecule has 0 saturated carbocycles. The zero-order valence-electron chi connectivity index (χ0n) is 17.7. The van der Waals surface area contributed by atoms with Crippen molar-refractivity contribution >= 4 is 27.7 Å². The van der Waals surface area contributed by atoms with Crippen LogP contribution in [0.25, 0.3) is 32.9 Å². The lowest BCUT2D eigenvalue weighted by molar-refractivity contribution is 0.100. The molecule has 0 atom stereocenters. The van der Waals surface area contributed by atoms with Crippen LogP contribution in [0.3, 0.4) is 0 Å². The van der Waals surface area contributed by atoms with Gasteiger partial charge >= 0.3 is 0 Å². The Morgan fingerprint density at radius 1 is 0.806 bits per heavy atom. The van der Waals surface area contributed by atoms with Crippen LogP contribution in [0.4, 0.5) is 0 Å². The number of primary amides is 1. The van der Waals surface area contributed by atoms with Gasteiger partial charge in [-0.25, -0.2) is 0 Å². The SMILES string of the molecule is Cc1ccc(C)c(Cn2c3cc(-c4ccccc4)ccc3c3c(C(N)=O)cccc32)c1. The molecule has 0 aliphatic rings. The molecule has 5 rings (SSSR count). The summed E-state index contributed by atoms with van der Waals surface area (Å²) in [5, 5.41) is 1.98. The molecule has 0 saturated heterocycles. The predicted molar refractivity (Wildman–Crippen MR) is 128 cm³/mol. The first-order valence-corrected chi connectivity index (χ1v) is 10.5. The van der Waals surface area contributed by atoms with Gasteiger partial charge in [0, 0.05) is 22.9 Å². The van der Waals surface area contributed by atoms with Crippen molar-refractivity contribution in [1.82, 2.24) is 4.57 Å². The van der Waals surface area contributed by atoms with E-state index in [2.05, 4.69) is 85.1 Å². The molecule has 0 fully saturated rings. The Labute approximate surface area is 181 Å². The van der Waals surface area contributed by atoms with E-state index in [0.29, 0.717) is 5.56 Å². The van der Waals surface area contributed by atoms with E-state index in [1.165, 1.54) is 22.3 Å². The van der Waals surface area contributed by atoms with E-state index >= 15 is 0 Å². The Morgan fingerprint density at radius 2 is 1.61 bits per heavy atom. The highest BCUT2D eigenvalue weighted by atomic mass is 16.1. The minimum atomic E-state index is -0.400. The molecule has 3 nitrogen and oxygen atoms in total. The van der Waals surface area contributed by atoms with Gasteiger partial charge < -0.3 is 10.3 Å². The molecule has 1 aromatic heterocycles. The number of benzene rings is 4. The maximum atomic E-state index is 12.2. The maximum Gasteiger partial charge on any atom is 0.249 e. The molecular weight excluding hydrogens is 380 g/mol. The summed E-state index contributed by atoms with van der Waals surface area (Å²) in [5.74, 6) is -0.400. The molecule has 3 heteroatoms. The molecule has 2 N–H and O–H groups in total. The van der Waals surface area contributed by atoms with Gasteiger partial charge in [-0.1, -0.05) is 72.3 Å². The second kappa shape index (κ2) is 7.44. The number of nitrogens with two attached hydrogens (primary N) is 1. The number of rotatable bonds is 4. The largest absolute Gasteiger partial charge is 0.366 e. The number of fused-ring (bicyclic) bond motifs is 3. The summed E-state index contributed by atoms with van der Waals surface area (Å²) in [6, 6.07) is 29.2. The molecule has 152 valence electrons. The van der Waals surface area contributed by atoms with Crippen LogP contribution in [0.2, 0.25) is 0 Å². The lowest BCUT2D eigenvalue weighted by atomic mass is 10.0. The quantitative estimate of drug-likeness (QED) is 0.379. The van der Waals surface area contributed by atoms with E-state index in [0.717, 1.165) is 33.9 Å². The number of hydrogen-bond acceptors (Lipinski definition) is 1. The van der Waals surface area contributed by atoms with E-state index in [4.69, 9.17) is 5.73 Å². The van der Waals surface area contributed by atoms with Crippen LogP contribution < -0.4 is 5.73 Å². The number of aryl methyl sites for hydroxylation is 2. The van der Waals surface area contributed by atoms with Crippen molar-refractivity contribution in [2.75, 3.05) is 0 Å². The highest BCUT2D eigenvalue weighted by Crippen LogP contribution is 2.35. The van der Waals surface area contributed by atoms with Gasteiger partial charge in [0.05, 0.1) is 11.0 Å². The van der Waals surface area contributed by atoms with E-state index in [1.54, 1.807) is 0 Å². The summed E-state index contributed by atoms with van der Waals surface area (Å²) in [7, 11) is 0. The Kier molecular flexibility index (Phi) is 4.59. The average molecular weight is 405 g/mol. The summed E-state index contributed by atoms with van der Waals surface area (Å²) in [6.45, 7) is 4.99. The molecule has 4 aromatic carbocycles. The van der Waals surface area contributed by atoms with Gasteiger partial charge in [0.2, 0.25) is 5.91 Å². The van der Waals surface area contributed by atoms with Crippen LogP contribution in [0.1, 0.15) is 27.0 Å². The fraction of sp³-hybridized carbons (Fsp3) is 0.107. The zero-order valence-corrected chi connectivity index (χ0v) is 17.7. The fourth-order valence-electron chi connectivity index (χ4n) is 4.47. The van der Waals surface area contributed by atoms with Crippen molar-refractivity contribution in [3.8, 4) is 11.1 Å². The number of amides is 1. The third-order valence-electron chi connectivity index (χ3n) is 6.10. The molecule has 1 heterocycles. The Balaban J connectivity index is 1.82. The number of hydrogen-bond donors (Lipinski definition) is 1. The van der Waals surface area contributed by atoms with E-state index in [9.17, 15) is 4.79 Å². The summed E-state index contributed by atoms with van der Waals surface area (Å²) < 4.78 is 2.31. The van der Waals surface area contributed by atoms with Crippen LogP contribution in [0, 0.1) is 13.8 Å². The highest BCUT2D eigenvalue weighted by Gasteiger charge is 2.17. The van der Waals surface area contributed by atoms with Crippen LogP contribution >= 0.6 is 0 Å². The predicted octanol–water partition coefficient (Wildman–Crippen LogP) is 6.23. The van der Waals surface area contributed by atoms with Crippen molar-refractivity contribution in [2.45, 2.75) is 20.4 Å². The second-order valence-corrected chi connectivity index (χ2v) is 8.18. The topological polar surface area (TPSA) is 48.0 Å². The van der Waals surface area contributed by atoms with E-state index in [1.807, 2.05) is 18.2 Å². The van der Waals surface area contributed by atoms with Crippen molar-refractivity contribution in [3.05, 3.63) is 107 Å². The molecule has 0 unspecified atom stereocenters. The summed E-state index contributed by atoms with van der Waals surface area (Å²) in [6.07, 6.45) is 0. The molecule has 0 bridgehead atoms. The smallest absolute Gasteiger partial charge is 0.249 e. The number of nitrogens with zero attached hydrogens (tertiary/aromatic N) is 1.